The van der Waals surface area contributed by atoms with Crippen molar-refractivity contribution in [2.75, 3.05) is 11.1 Å². The SMILES string of the molecule is Cc1cnn(-c2nc(N)c(Br)c(NC3CC3)n2)c1. The van der Waals surface area contributed by atoms with E-state index in [1.165, 1.54) is 12.8 Å². The number of rotatable bonds is 3. The van der Waals surface area contributed by atoms with Gasteiger partial charge in [0.05, 0.1) is 6.20 Å². The molecule has 6 nitrogen and oxygen atoms in total. The van der Waals surface area contributed by atoms with Crippen molar-refractivity contribution in [3.63, 3.8) is 0 Å². The van der Waals surface area contributed by atoms with Crippen LogP contribution in [-0.2, 0) is 0 Å². The van der Waals surface area contributed by atoms with Crippen LogP contribution in [0.2, 0.25) is 0 Å². The maximum atomic E-state index is 5.88. The molecule has 94 valence electrons. The number of halogens is 1. The Morgan fingerprint density at radius 2 is 2.22 bits per heavy atom. The van der Waals surface area contributed by atoms with Gasteiger partial charge in [0.2, 0.25) is 0 Å². The number of nitrogens with two attached hydrogens (primary N) is 1. The summed E-state index contributed by atoms with van der Waals surface area (Å²) in [5.74, 6) is 1.62. The molecule has 0 saturated heterocycles. The number of hydrogen-bond donors (Lipinski definition) is 2. The molecule has 0 unspecified atom stereocenters. The monoisotopic (exact) mass is 308 g/mol. The molecule has 0 aromatic carbocycles. The Bertz CT molecular complexity index is 589. The number of anilines is 2. The lowest BCUT2D eigenvalue weighted by Gasteiger charge is -2.10. The van der Waals surface area contributed by atoms with E-state index in [0.717, 1.165) is 11.4 Å². The molecule has 2 aromatic heterocycles. The first-order chi connectivity index (χ1) is 8.63. The summed E-state index contributed by atoms with van der Waals surface area (Å²) in [6, 6.07) is 0.503. The molecule has 0 bridgehead atoms. The van der Waals surface area contributed by atoms with Crippen LogP contribution in [-0.4, -0.2) is 25.8 Å². The van der Waals surface area contributed by atoms with Crippen LogP contribution in [0.1, 0.15) is 18.4 Å². The lowest BCUT2D eigenvalue weighted by atomic mass is 10.4. The van der Waals surface area contributed by atoms with Gasteiger partial charge in [0, 0.05) is 12.2 Å². The predicted octanol–water partition coefficient (Wildman–Crippen LogP) is 1.89. The van der Waals surface area contributed by atoms with Gasteiger partial charge >= 0.3 is 0 Å². The van der Waals surface area contributed by atoms with Gasteiger partial charge in [-0.15, -0.1) is 0 Å². The first kappa shape index (κ1) is 11.5. The van der Waals surface area contributed by atoms with E-state index in [0.29, 0.717) is 22.3 Å². The van der Waals surface area contributed by atoms with Crippen molar-refractivity contribution in [2.45, 2.75) is 25.8 Å². The van der Waals surface area contributed by atoms with Crippen molar-refractivity contribution in [2.24, 2.45) is 0 Å². The maximum Gasteiger partial charge on any atom is 0.254 e. The number of aryl methyl sites for hydroxylation is 1. The molecule has 0 radical (unpaired) electrons. The van der Waals surface area contributed by atoms with Crippen LogP contribution in [0, 0.1) is 6.92 Å². The van der Waals surface area contributed by atoms with E-state index in [2.05, 4.69) is 36.3 Å². The average Bonchev–Trinajstić information content (AvgIpc) is 3.04. The van der Waals surface area contributed by atoms with Crippen molar-refractivity contribution in [1.29, 1.82) is 0 Å². The Morgan fingerprint density at radius 3 is 2.83 bits per heavy atom. The van der Waals surface area contributed by atoms with E-state index < -0.39 is 0 Å². The van der Waals surface area contributed by atoms with Crippen molar-refractivity contribution in [3.05, 3.63) is 22.4 Å². The van der Waals surface area contributed by atoms with Gasteiger partial charge in [-0.1, -0.05) is 0 Å². The van der Waals surface area contributed by atoms with Crippen LogP contribution < -0.4 is 11.1 Å². The van der Waals surface area contributed by atoms with E-state index in [4.69, 9.17) is 5.73 Å². The molecule has 3 N–H and O–H groups in total. The van der Waals surface area contributed by atoms with Crippen LogP contribution in [0.15, 0.2) is 16.9 Å². The molecule has 7 heteroatoms. The van der Waals surface area contributed by atoms with Gasteiger partial charge in [-0.05, 0) is 41.3 Å². The highest BCUT2D eigenvalue weighted by Crippen LogP contribution is 2.31. The number of hydrogen-bond acceptors (Lipinski definition) is 5. The molecule has 1 fully saturated rings. The van der Waals surface area contributed by atoms with E-state index in [1.807, 2.05) is 13.1 Å². The third kappa shape index (κ3) is 2.17. The van der Waals surface area contributed by atoms with Crippen molar-refractivity contribution >= 4 is 27.6 Å². The van der Waals surface area contributed by atoms with Crippen LogP contribution in [0.3, 0.4) is 0 Å². The summed E-state index contributed by atoms with van der Waals surface area (Å²) in [5.41, 5.74) is 6.94. The summed E-state index contributed by atoms with van der Waals surface area (Å²) < 4.78 is 2.33. The molecule has 18 heavy (non-hydrogen) atoms. The van der Waals surface area contributed by atoms with Gasteiger partial charge in [-0.25, -0.2) is 4.68 Å². The summed E-state index contributed by atoms with van der Waals surface area (Å²) in [6.07, 6.45) is 5.97. The van der Waals surface area contributed by atoms with Crippen LogP contribution in [0.25, 0.3) is 5.95 Å². The summed E-state index contributed by atoms with van der Waals surface area (Å²) >= 11 is 3.41. The molecule has 0 spiro atoms. The standard InChI is InChI=1S/C11H13BrN6/c1-6-4-14-18(5-6)11-16-9(13)8(12)10(17-11)15-7-2-3-7/h4-5,7H,2-3H2,1H3,(H3,13,15,16,17). The second-order valence-electron chi connectivity index (χ2n) is 4.45. The Morgan fingerprint density at radius 1 is 1.44 bits per heavy atom. The van der Waals surface area contributed by atoms with Gasteiger partial charge in [-0.2, -0.15) is 15.1 Å². The smallest absolute Gasteiger partial charge is 0.254 e. The molecule has 2 aromatic rings. The van der Waals surface area contributed by atoms with Crippen LogP contribution in [0.4, 0.5) is 11.6 Å². The van der Waals surface area contributed by atoms with Crippen molar-refractivity contribution in [1.82, 2.24) is 19.7 Å². The minimum atomic E-state index is 0.413. The van der Waals surface area contributed by atoms with Crippen LogP contribution in [0.5, 0.6) is 0 Å². The van der Waals surface area contributed by atoms with E-state index in [1.54, 1.807) is 10.9 Å². The first-order valence-electron chi connectivity index (χ1n) is 5.74. The van der Waals surface area contributed by atoms with Gasteiger partial charge < -0.3 is 11.1 Å². The molecule has 0 amide bonds. The predicted molar refractivity (Wildman–Crippen MR) is 72.6 cm³/mol. The molecule has 0 aliphatic heterocycles. The van der Waals surface area contributed by atoms with Gasteiger partial charge in [0.15, 0.2) is 0 Å². The molecular formula is C11H13BrN6. The molecular weight excluding hydrogens is 296 g/mol. The second kappa shape index (κ2) is 4.24. The average molecular weight is 309 g/mol. The zero-order chi connectivity index (χ0) is 12.7. The van der Waals surface area contributed by atoms with Crippen molar-refractivity contribution < 1.29 is 0 Å². The summed E-state index contributed by atoms with van der Waals surface area (Å²) in [7, 11) is 0. The summed E-state index contributed by atoms with van der Waals surface area (Å²) in [6.45, 7) is 1.97. The number of aromatic nitrogens is 4. The normalized spacial score (nSPS) is 14.8. The molecule has 1 aliphatic rings. The largest absolute Gasteiger partial charge is 0.383 e. The summed E-state index contributed by atoms with van der Waals surface area (Å²) in [4.78, 5) is 8.67. The van der Waals surface area contributed by atoms with E-state index >= 15 is 0 Å². The minimum absolute atomic E-state index is 0.413. The Labute approximate surface area is 113 Å². The second-order valence-corrected chi connectivity index (χ2v) is 5.25. The fraction of sp³-hybridized carbons (Fsp3) is 0.364. The highest BCUT2D eigenvalue weighted by atomic mass is 79.9. The summed E-state index contributed by atoms with van der Waals surface area (Å²) in [5, 5.41) is 7.51. The first-order valence-corrected chi connectivity index (χ1v) is 6.54. The minimum Gasteiger partial charge on any atom is -0.383 e. The fourth-order valence-corrected chi connectivity index (χ4v) is 1.89. The van der Waals surface area contributed by atoms with Gasteiger partial charge in [0.1, 0.15) is 16.1 Å². The van der Waals surface area contributed by atoms with Gasteiger partial charge in [-0.3, -0.25) is 0 Å². The number of nitrogen functional groups attached to an aromatic ring is 1. The highest BCUT2D eigenvalue weighted by Gasteiger charge is 2.23. The number of nitrogens with one attached hydrogen (secondary N) is 1. The maximum absolute atomic E-state index is 5.88. The topological polar surface area (TPSA) is 81.7 Å². The third-order valence-electron chi connectivity index (χ3n) is 2.70. The third-order valence-corrected chi connectivity index (χ3v) is 3.48. The number of nitrogens with zero attached hydrogens (tertiary/aromatic N) is 4. The highest BCUT2D eigenvalue weighted by molar-refractivity contribution is 9.10. The van der Waals surface area contributed by atoms with Crippen LogP contribution >= 0.6 is 15.9 Å². The quantitative estimate of drug-likeness (QED) is 0.905. The molecule has 1 saturated carbocycles. The lowest BCUT2D eigenvalue weighted by Crippen LogP contribution is -2.11. The fourth-order valence-electron chi connectivity index (χ4n) is 1.59. The van der Waals surface area contributed by atoms with E-state index in [9.17, 15) is 0 Å². The van der Waals surface area contributed by atoms with Gasteiger partial charge in [0.25, 0.3) is 5.95 Å². The molecule has 1 aliphatic carbocycles. The molecule has 2 heterocycles. The van der Waals surface area contributed by atoms with Crippen molar-refractivity contribution in [3.8, 4) is 5.95 Å². The Kier molecular flexibility index (Phi) is 2.70. The zero-order valence-corrected chi connectivity index (χ0v) is 11.5. The Hall–Kier alpha value is -1.63. The Balaban J connectivity index is 2.01. The molecule has 3 rings (SSSR count). The van der Waals surface area contributed by atoms with E-state index in [-0.39, 0.29) is 0 Å². The molecule has 0 atom stereocenters. The lowest BCUT2D eigenvalue weighted by molar-refractivity contribution is 0.808. The zero-order valence-electron chi connectivity index (χ0n) is 9.89.